The number of anilines is 2. The number of imidazole rings is 1. The van der Waals surface area contributed by atoms with Crippen LogP contribution in [0.2, 0.25) is 0 Å². The van der Waals surface area contributed by atoms with Gasteiger partial charge in [0.15, 0.2) is 0 Å². The predicted octanol–water partition coefficient (Wildman–Crippen LogP) is 4.82. The first-order valence-corrected chi connectivity index (χ1v) is 12.5. The van der Waals surface area contributed by atoms with E-state index in [0.717, 1.165) is 59.7 Å². The fourth-order valence-electron chi connectivity index (χ4n) is 5.02. The molecule has 0 saturated carbocycles. The van der Waals surface area contributed by atoms with Crippen LogP contribution in [0.25, 0.3) is 22.4 Å². The molecule has 1 fully saturated rings. The van der Waals surface area contributed by atoms with Crippen LogP contribution in [0.1, 0.15) is 36.1 Å². The van der Waals surface area contributed by atoms with Gasteiger partial charge < -0.3 is 15.2 Å². The van der Waals surface area contributed by atoms with Crippen molar-refractivity contribution in [1.82, 2.24) is 19.9 Å². The fraction of sp³-hybridized carbons (Fsp3) is 0.360. The monoisotopic (exact) mass is 458 g/mol. The van der Waals surface area contributed by atoms with Gasteiger partial charge in [-0.3, -0.25) is 4.79 Å². The first-order valence-electron chi connectivity index (χ1n) is 11.7. The Balaban J connectivity index is 1.30. The second-order valence-electron chi connectivity index (χ2n) is 8.84. The number of nitrogens with zero attached hydrogens (tertiary/aromatic N) is 4. The number of amides is 1. The zero-order chi connectivity index (χ0) is 22.2. The van der Waals surface area contributed by atoms with Gasteiger partial charge in [0.25, 0.3) is 0 Å². The summed E-state index contributed by atoms with van der Waals surface area (Å²) in [5, 5.41) is 4.23. The van der Waals surface area contributed by atoms with E-state index < -0.39 is 0 Å². The molecule has 3 aromatic heterocycles. The Morgan fingerprint density at radius 2 is 1.94 bits per heavy atom. The summed E-state index contributed by atoms with van der Waals surface area (Å²) in [5.41, 5.74) is 4.40. The van der Waals surface area contributed by atoms with E-state index in [1.54, 1.807) is 23.7 Å². The van der Waals surface area contributed by atoms with Crippen LogP contribution in [0, 0.1) is 5.92 Å². The quantitative estimate of drug-likeness (QED) is 0.458. The van der Waals surface area contributed by atoms with Gasteiger partial charge in [0.1, 0.15) is 10.8 Å². The number of piperidine rings is 1. The van der Waals surface area contributed by atoms with Gasteiger partial charge in [-0.15, -0.1) is 11.3 Å². The van der Waals surface area contributed by atoms with E-state index in [1.807, 2.05) is 30.3 Å². The fourth-order valence-corrected chi connectivity index (χ4v) is 6.31. The van der Waals surface area contributed by atoms with Gasteiger partial charge in [-0.25, -0.2) is 15.0 Å². The van der Waals surface area contributed by atoms with E-state index in [4.69, 9.17) is 4.98 Å². The first kappa shape index (κ1) is 20.4. The highest BCUT2D eigenvalue weighted by atomic mass is 32.1. The summed E-state index contributed by atoms with van der Waals surface area (Å²) in [6.45, 7) is 1.52. The molecule has 1 amide bonds. The number of fused-ring (bicyclic) bond motifs is 2. The number of H-pyrrole nitrogens is 1. The molecule has 1 saturated heterocycles. The molecule has 1 aliphatic carbocycles. The number of aromatic amines is 1. The van der Waals surface area contributed by atoms with Crippen LogP contribution >= 0.6 is 11.3 Å². The Labute approximate surface area is 196 Å². The molecule has 6 rings (SSSR count). The topological polar surface area (TPSA) is 86.8 Å². The summed E-state index contributed by atoms with van der Waals surface area (Å²) < 4.78 is 0. The van der Waals surface area contributed by atoms with Crippen molar-refractivity contribution < 1.29 is 4.79 Å². The van der Waals surface area contributed by atoms with Gasteiger partial charge in [-0.1, -0.05) is 12.1 Å². The minimum Gasteiger partial charge on any atom is -0.340 e. The number of hydrogen-bond acceptors (Lipinski definition) is 6. The van der Waals surface area contributed by atoms with Crippen LogP contribution in [0.15, 0.2) is 42.7 Å². The largest absolute Gasteiger partial charge is 0.340 e. The number of aromatic nitrogens is 4. The van der Waals surface area contributed by atoms with Crippen LogP contribution in [0.3, 0.4) is 0 Å². The highest BCUT2D eigenvalue weighted by Gasteiger charge is 2.30. The van der Waals surface area contributed by atoms with E-state index in [2.05, 4.69) is 25.2 Å². The summed E-state index contributed by atoms with van der Waals surface area (Å²) in [4.78, 5) is 34.0. The van der Waals surface area contributed by atoms with Gasteiger partial charge in [0.05, 0.1) is 22.5 Å². The van der Waals surface area contributed by atoms with Gasteiger partial charge in [0.2, 0.25) is 11.9 Å². The summed E-state index contributed by atoms with van der Waals surface area (Å²) >= 11 is 1.73. The number of para-hydroxylation sites is 2. The molecule has 0 radical (unpaired) electrons. The Morgan fingerprint density at radius 3 is 2.82 bits per heavy atom. The Hall–Kier alpha value is -3.26. The third-order valence-electron chi connectivity index (χ3n) is 6.66. The lowest BCUT2D eigenvalue weighted by atomic mass is 9.95. The zero-order valence-electron chi connectivity index (χ0n) is 18.4. The standard InChI is InChI=1S/C25H26N6OS/c32-23(16-7-5-14-31(15-16)25-26-12-6-13-27-25)30-24-21(17-8-1-4-11-20(17)33-24)22-28-18-9-2-3-10-19(18)29-22/h2-3,6,9-10,12-13,16H,1,4-5,7-8,11,14-15H2,(H,28,29)(H,30,32). The molecule has 168 valence electrons. The average Bonchev–Trinajstić information content (AvgIpc) is 3.45. The van der Waals surface area contributed by atoms with Crippen molar-refractivity contribution in [2.45, 2.75) is 38.5 Å². The van der Waals surface area contributed by atoms with E-state index in [-0.39, 0.29) is 11.8 Å². The van der Waals surface area contributed by atoms with E-state index in [1.165, 1.54) is 23.3 Å². The number of carbonyl (C=O) groups is 1. The minimum absolute atomic E-state index is 0.0755. The number of carbonyl (C=O) groups excluding carboxylic acids is 1. The second kappa shape index (κ2) is 8.59. The van der Waals surface area contributed by atoms with Crippen LogP contribution in [0.5, 0.6) is 0 Å². The molecule has 1 atom stereocenters. The third kappa shape index (κ3) is 3.88. The SMILES string of the molecule is O=C(Nc1sc2c(c1-c1nc3ccccc3[nH]1)CCCC2)C1CCCN(c2ncccn2)C1. The van der Waals surface area contributed by atoms with Crippen molar-refractivity contribution in [3.8, 4) is 11.4 Å². The molecule has 8 heteroatoms. The van der Waals surface area contributed by atoms with Crippen molar-refractivity contribution in [3.05, 3.63) is 53.2 Å². The molecule has 33 heavy (non-hydrogen) atoms. The minimum atomic E-state index is -0.0924. The van der Waals surface area contributed by atoms with Crippen LogP contribution in [-0.4, -0.2) is 38.9 Å². The first-order chi connectivity index (χ1) is 16.3. The number of benzene rings is 1. The lowest BCUT2D eigenvalue weighted by molar-refractivity contribution is -0.120. The molecule has 2 N–H and O–H groups in total. The highest BCUT2D eigenvalue weighted by Crippen LogP contribution is 2.44. The predicted molar refractivity (Wildman–Crippen MR) is 132 cm³/mol. The maximum atomic E-state index is 13.4. The summed E-state index contributed by atoms with van der Waals surface area (Å²) in [6, 6.07) is 9.90. The van der Waals surface area contributed by atoms with Crippen LogP contribution < -0.4 is 10.2 Å². The molecule has 0 bridgehead atoms. The van der Waals surface area contributed by atoms with Gasteiger partial charge in [-0.2, -0.15) is 0 Å². The molecule has 0 spiro atoms. The second-order valence-corrected chi connectivity index (χ2v) is 9.95. The Kier molecular flexibility index (Phi) is 5.30. The normalized spacial score (nSPS) is 18.3. The van der Waals surface area contributed by atoms with Crippen LogP contribution in [0.4, 0.5) is 10.9 Å². The van der Waals surface area contributed by atoms with Crippen molar-refractivity contribution in [2.24, 2.45) is 5.92 Å². The molecule has 2 aliphatic rings. The molecule has 1 aromatic carbocycles. The zero-order valence-corrected chi connectivity index (χ0v) is 19.2. The smallest absolute Gasteiger partial charge is 0.229 e. The number of rotatable bonds is 4. The van der Waals surface area contributed by atoms with Crippen LogP contribution in [-0.2, 0) is 17.6 Å². The van der Waals surface area contributed by atoms with Gasteiger partial charge in [-0.05, 0) is 62.3 Å². The maximum Gasteiger partial charge on any atom is 0.229 e. The molecule has 4 heterocycles. The number of thiophene rings is 1. The Morgan fingerprint density at radius 1 is 1.09 bits per heavy atom. The average molecular weight is 459 g/mol. The summed E-state index contributed by atoms with van der Waals surface area (Å²) in [5.74, 6) is 1.54. The molecule has 4 aromatic rings. The molecule has 7 nitrogen and oxygen atoms in total. The number of hydrogen-bond donors (Lipinski definition) is 2. The van der Waals surface area contributed by atoms with Crippen molar-refractivity contribution in [3.63, 3.8) is 0 Å². The highest BCUT2D eigenvalue weighted by molar-refractivity contribution is 7.17. The third-order valence-corrected chi connectivity index (χ3v) is 7.87. The van der Waals surface area contributed by atoms with Crippen molar-refractivity contribution in [1.29, 1.82) is 0 Å². The summed E-state index contributed by atoms with van der Waals surface area (Å²) in [7, 11) is 0. The van der Waals surface area contributed by atoms with Crippen molar-refractivity contribution >= 4 is 39.2 Å². The number of nitrogens with one attached hydrogen (secondary N) is 2. The molecule has 1 aliphatic heterocycles. The van der Waals surface area contributed by atoms with Gasteiger partial charge in [0, 0.05) is 30.4 Å². The van der Waals surface area contributed by atoms with E-state index in [9.17, 15) is 4.79 Å². The lowest BCUT2D eigenvalue weighted by Gasteiger charge is -2.31. The molecule has 1 unspecified atom stereocenters. The summed E-state index contributed by atoms with van der Waals surface area (Å²) in [6.07, 6.45) is 9.83. The Bertz CT molecular complexity index is 1260. The number of aryl methyl sites for hydroxylation is 1. The van der Waals surface area contributed by atoms with E-state index in [0.29, 0.717) is 12.5 Å². The van der Waals surface area contributed by atoms with Crippen molar-refractivity contribution in [2.75, 3.05) is 23.3 Å². The molecular weight excluding hydrogens is 432 g/mol. The van der Waals surface area contributed by atoms with Gasteiger partial charge >= 0.3 is 0 Å². The molecular formula is C25H26N6OS. The van der Waals surface area contributed by atoms with E-state index >= 15 is 0 Å². The lowest BCUT2D eigenvalue weighted by Crippen LogP contribution is -2.41. The maximum absolute atomic E-state index is 13.4.